The van der Waals surface area contributed by atoms with Crippen LogP contribution in [0.15, 0.2) is 28.3 Å². The molecule has 0 fully saturated rings. The van der Waals surface area contributed by atoms with Gasteiger partial charge in [-0.05, 0) is 38.3 Å². The fraction of sp³-hybridized carbons (Fsp3) is 0.619. The molecule has 0 aromatic carbocycles. The molecule has 0 amide bonds. The first kappa shape index (κ1) is 26.2. The number of aromatic nitrogens is 1. The van der Waals surface area contributed by atoms with Gasteiger partial charge in [0.2, 0.25) is 5.88 Å². The zero-order valence-electron chi connectivity index (χ0n) is 18.5. The summed E-state index contributed by atoms with van der Waals surface area (Å²) in [6.07, 6.45) is 10.3. The number of hydrogen-bond donors (Lipinski definition) is 6. The number of aliphatic imine (C=N–C) groups is 2. The van der Waals surface area contributed by atoms with Crippen LogP contribution in [-0.4, -0.2) is 55.4 Å². The Balaban J connectivity index is 1.93. The van der Waals surface area contributed by atoms with Gasteiger partial charge in [-0.25, -0.2) is 4.98 Å². The third-order valence-corrected chi connectivity index (χ3v) is 4.53. The van der Waals surface area contributed by atoms with Gasteiger partial charge in [0.15, 0.2) is 5.96 Å². The Morgan fingerprint density at radius 3 is 2.26 bits per heavy atom. The molecular formula is C21H39N9O. The monoisotopic (exact) mass is 433 g/mol. The maximum absolute atomic E-state index is 7.33. The van der Waals surface area contributed by atoms with Crippen LogP contribution in [0.2, 0.25) is 0 Å². The Morgan fingerprint density at radius 1 is 0.903 bits per heavy atom. The summed E-state index contributed by atoms with van der Waals surface area (Å²) >= 11 is 0. The first-order valence-electron chi connectivity index (χ1n) is 11.0. The van der Waals surface area contributed by atoms with Gasteiger partial charge in [0.05, 0.1) is 13.2 Å². The van der Waals surface area contributed by atoms with E-state index in [1.54, 1.807) is 12.1 Å². The molecule has 0 saturated heterocycles. The van der Waals surface area contributed by atoms with Crippen molar-refractivity contribution >= 4 is 17.6 Å². The number of nitrogens with two attached hydrogens (primary N) is 4. The number of nitrogens with one attached hydrogen (secondary N) is 2. The molecule has 0 radical (unpaired) electrons. The number of rotatable bonds is 18. The van der Waals surface area contributed by atoms with Crippen molar-refractivity contribution in [2.45, 2.75) is 51.4 Å². The number of hydrogen-bond acceptors (Lipinski definition) is 6. The molecule has 1 rings (SSSR count). The van der Waals surface area contributed by atoms with Crippen molar-refractivity contribution in [3.8, 4) is 5.88 Å². The summed E-state index contributed by atoms with van der Waals surface area (Å²) in [4.78, 5) is 12.5. The van der Waals surface area contributed by atoms with Gasteiger partial charge in [0.1, 0.15) is 11.7 Å². The predicted molar refractivity (Wildman–Crippen MR) is 128 cm³/mol. The Labute approximate surface area is 185 Å². The van der Waals surface area contributed by atoms with Crippen LogP contribution in [-0.2, 0) is 0 Å². The van der Waals surface area contributed by atoms with Crippen molar-refractivity contribution in [3.63, 3.8) is 0 Å². The number of nitrogen functional groups attached to an aromatic ring is 1. The predicted octanol–water partition coefficient (Wildman–Crippen LogP) is 1.09. The molecule has 0 aliphatic carbocycles. The van der Waals surface area contributed by atoms with Crippen molar-refractivity contribution in [3.05, 3.63) is 23.9 Å². The Morgan fingerprint density at radius 2 is 1.58 bits per heavy atom. The van der Waals surface area contributed by atoms with E-state index < -0.39 is 0 Å². The normalized spacial score (nSPS) is 11.3. The van der Waals surface area contributed by atoms with Crippen molar-refractivity contribution in [2.24, 2.45) is 32.9 Å². The maximum atomic E-state index is 7.33. The highest BCUT2D eigenvalue weighted by molar-refractivity contribution is 5.94. The quantitative estimate of drug-likeness (QED) is 0.113. The van der Waals surface area contributed by atoms with Crippen molar-refractivity contribution in [2.75, 3.05) is 32.8 Å². The summed E-state index contributed by atoms with van der Waals surface area (Å²) in [7, 11) is 0. The minimum atomic E-state index is -0.00343. The summed E-state index contributed by atoms with van der Waals surface area (Å²) < 4.78 is 5.57. The number of amidine groups is 2. The summed E-state index contributed by atoms with van der Waals surface area (Å²) in [6.45, 7) is 3.56. The molecule has 0 unspecified atom stereocenters. The minimum absolute atomic E-state index is 0.00343. The lowest BCUT2D eigenvalue weighted by atomic mass is 10.1. The molecule has 0 aliphatic rings. The Kier molecular flexibility index (Phi) is 14.2. The van der Waals surface area contributed by atoms with Crippen molar-refractivity contribution < 1.29 is 4.74 Å². The highest BCUT2D eigenvalue weighted by atomic mass is 16.5. The van der Waals surface area contributed by atoms with Crippen LogP contribution in [0.3, 0.4) is 0 Å². The van der Waals surface area contributed by atoms with Crippen LogP contribution >= 0.6 is 0 Å². The van der Waals surface area contributed by atoms with E-state index in [0.29, 0.717) is 37.0 Å². The number of pyridine rings is 1. The lowest BCUT2D eigenvalue weighted by Crippen LogP contribution is -2.29. The van der Waals surface area contributed by atoms with E-state index >= 15 is 0 Å². The second-order valence-corrected chi connectivity index (χ2v) is 7.33. The van der Waals surface area contributed by atoms with Crippen molar-refractivity contribution in [1.29, 1.82) is 5.41 Å². The van der Waals surface area contributed by atoms with Gasteiger partial charge < -0.3 is 33.0 Å². The number of ether oxygens (including phenoxy) is 1. The topological polar surface area (TPSA) is 187 Å². The van der Waals surface area contributed by atoms with Gasteiger partial charge in [-0.3, -0.25) is 15.4 Å². The molecule has 31 heavy (non-hydrogen) atoms. The van der Waals surface area contributed by atoms with Crippen LogP contribution in [0.25, 0.3) is 0 Å². The molecular weight excluding hydrogens is 394 g/mol. The zero-order valence-corrected chi connectivity index (χ0v) is 18.5. The van der Waals surface area contributed by atoms with E-state index in [2.05, 4.69) is 20.3 Å². The Bertz CT molecular complexity index is 670. The third-order valence-electron chi connectivity index (χ3n) is 4.53. The average molecular weight is 434 g/mol. The highest BCUT2D eigenvalue weighted by Gasteiger charge is 1.99. The van der Waals surface area contributed by atoms with Gasteiger partial charge in [-0.1, -0.05) is 25.7 Å². The fourth-order valence-electron chi connectivity index (χ4n) is 2.79. The van der Waals surface area contributed by atoms with E-state index in [4.69, 9.17) is 33.1 Å². The van der Waals surface area contributed by atoms with Gasteiger partial charge >= 0.3 is 0 Å². The Hall–Kier alpha value is -2.88. The van der Waals surface area contributed by atoms with E-state index in [-0.39, 0.29) is 11.8 Å². The van der Waals surface area contributed by atoms with E-state index in [0.717, 1.165) is 45.2 Å². The summed E-state index contributed by atoms with van der Waals surface area (Å²) in [5.74, 6) is 1.34. The number of guanidine groups is 1. The molecule has 1 aromatic heterocycles. The molecule has 0 spiro atoms. The maximum Gasteiger partial charge on any atom is 0.213 e. The molecule has 0 atom stereocenters. The molecule has 10 nitrogen and oxygen atoms in total. The minimum Gasteiger partial charge on any atom is -0.478 e. The number of nitrogens with zero attached hydrogens (tertiary/aromatic N) is 3. The van der Waals surface area contributed by atoms with E-state index in [9.17, 15) is 0 Å². The molecule has 1 aromatic rings. The largest absolute Gasteiger partial charge is 0.478 e. The smallest absolute Gasteiger partial charge is 0.213 e. The van der Waals surface area contributed by atoms with Crippen LogP contribution in [0.1, 0.15) is 56.9 Å². The summed E-state index contributed by atoms with van der Waals surface area (Å²) in [6, 6.07) is 3.44. The lowest BCUT2D eigenvalue weighted by molar-refractivity contribution is 0.296. The molecule has 0 bridgehead atoms. The molecule has 0 aliphatic heterocycles. The summed E-state index contributed by atoms with van der Waals surface area (Å²) in [5, 5.41) is 10.7. The van der Waals surface area contributed by atoms with Gasteiger partial charge in [-0.15, -0.1) is 0 Å². The van der Waals surface area contributed by atoms with Crippen LogP contribution in [0.4, 0.5) is 0 Å². The average Bonchev–Trinajstić information content (AvgIpc) is 2.74. The first-order chi connectivity index (χ1) is 15.0. The molecule has 174 valence electrons. The molecule has 1 heterocycles. The highest BCUT2D eigenvalue weighted by Crippen LogP contribution is 2.08. The summed E-state index contributed by atoms with van der Waals surface area (Å²) in [5.41, 5.74) is 22.5. The first-order valence-corrected chi connectivity index (χ1v) is 11.0. The number of unbranched alkanes of at least 4 members (excludes halogenated alkanes) is 6. The third kappa shape index (κ3) is 14.7. The SMILES string of the molecule is N=C(N)c1ccc(OCCCCN=C(N)CNCCCCCCCCN=C(N)N)nc1. The van der Waals surface area contributed by atoms with Gasteiger partial charge in [-0.2, -0.15) is 0 Å². The van der Waals surface area contributed by atoms with Crippen LogP contribution in [0.5, 0.6) is 5.88 Å². The zero-order chi connectivity index (χ0) is 22.7. The molecule has 10 heteroatoms. The van der Waals surface area contributed by atoms with E-state index in [1.165, 1.54) is 25.5 Å². The molecule has 10 N–H and O–H groups in total. The van der Waals surface area contributed by atoms with Crippen molar-refractivity contribution in [1.82, 2.24) is 10.3 Å². The van der Waals surface area contributed by atoms with Gasteiger partial charge in [0.25, 0.3) is 0 Å². The molecule has 0 saturated carbocycles. The fourth-order valence-corrected chi connectivity index (χ4v) is 2.79. The van der Waals surface area contributed by atoms with Crippen LogP contribution < -0.4 is 33.0 Å². The standard InChI is InChI=1S/C21H39N9O/c22-18(16-27-11-5-3-1-2-4-6-13-29-21(25)26)28-12-7-8-14-31-19-10-9-17(15-30-19)20(23)24/h9-10,15,27H,1-8,11-14,16H2,(H2,22,28)(H3,23,24)(H4,25,26,29). The van der Waals surface area contributed by atoms with Gasteiger partial charge in [0, 0.05) is 30.9 Å². The van der Waals surface area contributed by atoms with E-state index in [1.807, 2.05) is 0 Å². The lowest BCUT2D eigenvalue weighted by Gasteiger charge is -2.06. The second-order valence-electron chi connectivity index (χ2n) is 7.33. The van der Waals surface area contributed by atoms with Crippen LogP contribution in [0, 0.1) is 5.41 Å². The second kappa shape index (κ2) is 16.9.